The molecule has 0 spiro atoms. The molecule has 3 N–H and O–H groups in total. The van der Waals surface area contributed by atoms with Crippen LogP contribution in [0.25, 0.3) is 16.6 Å². The summed E-state index contributed by atoms with van der Waals surface area (Å²) in [6, 6.07) is 13.5. The van der Waals surface area contributed by atoms with Crippen LogP contribution in [0.15, 0.2) is 48.7 Å². The Labute approximate surface area is 135 Å². The van der Waals surface area contributed by atoms with Crippen molar-refractivity contribution in [3.8, 4) is 11.4 Å². The molecule has 0 saturated carbocycles. The van der Waals surface area contributed by atoms with Gasteiger partial charge >= 0.3 is 0 Å². The number of rotatable bonds is 5. The number of fused-ring (bicyclic) bond motifs is 1. The van der Waals surface area contributed by atoms with Crippen LogP contribution in [-0.2, 0) is 6.61 Å². The standard InChI is InChI=1S/C18H21N3O2/c1-12(19)13(2)23-17-7-8-18-15(9-17)10-20-21(18)16-5-3-14(11-22)4-6-16/h3-10,12-13,22H,11,19H2,1-2H3/t12-,13+/m0/s1. The normalized spacial score (nSPS) is 13.9. The zero-order chi connectivity index (χ0) is 16.4. The smallest absolute Gasteiger partial charge is 0.120 e. The van der Waals surface area contributed by atoms with Crippen LogP contribution in [0.4, 0.5) is 0 Å². The van der Waals surface area contributed by atoms with Gasteiger partial charge in [0.25, 0.3) is 0 Å². The Kier molecular flexibility index (Phi) is 4.32. The van der Waals surface area contributed by atoms with E-state index in [1.165, 1.54) is 0 Å². The summed E-state index contributed by atoms with van der Waals surface area (Å²) in [7, 11) is 0. The summed E-state index contributed by atoms with van der Waals surface area (Å²) < 4.78 is 7.71. The predicted octanol–water partition coefficient (Wildman–Crippen LogP) is 2.63. The van der Waals surface area contributed by atoms with Crippen LogP contribution in [0.3, 0.4) is 0 Å². The number of aliphatic hydroxyl groups excluding tert-OH is 1. The van der Waals surface area contributed by atoms with E-state index in [-0.39, 0.29) is 18.8 Å². The van der Waals surface area contributed by atoms with Gasteiger partial charge in [0.2, 0.25) is 0 Å². The van der Waals surface area contributed by atoms with Crippen molar-refractivity contribution in [3.05, 3.63) is 54.2 Å². The lowest BCUT2D eigenvalue weighted by atomic mass is 10.2. The van der Waals surface area contributed by atoms with Gasteiger partial charge in [-0.15, -0.1) is 0 Å². The Bertz CT molecular complexity index is 794. The fourth-order valence-corrected chi connectivity index (χ4v) is 2.35. The minimum absolute atomic E-state index is 0.0292. The quantitative estimate of drug-likeness (QED) is 0.759. The fraction of sp³-hybridized carbons (Fsp3) is 0.278. The SMILES string of the molecule is C[C@H](N)[C@@H](C)Oc1ccc2c(cnn2-c2ccc(CO)cc2)c1. The molecular formula is C18H21N3O2. The lowest BCUT2D eigenvalue weighted by molar-refractivity contribution is 0.197. The summed E-state index contributed by atoms with van der Waals surface area (Å²) in [5.41, 5.74) is 8.68. The highest BCUT2D eigenvalue weighted by Crippen LogP contribution is 2.24. The van der Waals surface area contributed by atoms with Gasteiger partial charge in [-0.2, -0.15) is 5.10 Å². The van der Waals surface area contributed by atoms with E-state index >= 15 is 0 Å². The largest absolute Gasteiger partial charge is 0.489 e. The molecule has 3 rings (SSSR count). The van der Waals surface area contributed by atoms with Crippen LogP contribution in [0, 0.1) is 0 Å². The maximum absolute atomic E-state index is 9.13. The highest BCUT2D eigenvalue weighted by atomic mass is 16.5. The number of hydrogen-bond acceptors (Lipinski definition) is 4. The van der Waals surface area contributed by atoms with Gasteiger partial charge in [0.05, 0.1) is 24.0 Å². The lowest BCUT2D eigenvalue weighted by Crippen LogP contribution is -2.33. The number of benzene rings is 2. The molecule has 0 saturated heterocycles. The zero-order valence-electron chi connectivity index (χ0n) is 13.3. The van der Waals surface area contributed by atoms with Crippen molar-refractivity contribution in [1.82, 2.24) is 9.78 Å². The van der Waals surface area contributed by atoms with E-state index < -0.39 is 0 Å². The first-order chi connectivity index (χ1) is 11.1. The predicted molar refractivity (Wildman–Crippen MR) is 90.7 cm³/mol. The van der Waals surface area contributed by atoms with Gasteiger partial charge in [0.15, 0.2) is 0 Å². The highest BCUT2D eigenvalue weighted by molar-refractivity contribution is 5.81. The molecule has 23 heavy (non-hydrogen) atoms. The van der Waals surface area contributed by atoms with Crippen molar-refractivity contribution in [1.29, 1.82) is 0 Å². The Morgan fingerprint density at radius 1 is 1.17 bits per heavy atom. The third kappa shape index (κ3) is 3.21. The molecule has 0 aliphatic heterocycles. The van der Waals surface area contributed by atoms with Crippen molar-refractivity contribution in [2.45, 2.75) is 32.6 Å². The molecule has 5 heteroatoms. The second-order valence-electron chi connectivity index (χ2n) is 5.78. The Morgan fingerprint density at radius 3 is 2.57 bits per heavy atom. The maximum atomic E-state index is 9.13. The van der Waals surface area contributed by atoms with Gasteiger partial charge in [-0.3, -0.25) is 0 Å². The Morgan fingerprint density at radius 2 is 1.91 bits per heavy atom. The average Bonchev–Trinajstić information content (AvgIpc) is 2.98. The first kappa shape index (κ1) is 15.5. The van der Waals surface area contributed by atoms with Gasteiger partial charge in [-0.1, -0.05) is 12.1 Å². The molecule has 0 fully saturated rings. The van der Waals surface area contributed by atoms with Crippen LogP contribution in [0.2, 0.25) is 0 Å². The zero-order valence-corrected chi connectivity index (χ0v) is 13.3. The minimum atomic E-state index is -0.0477. The molecule has 0 aliphatic rings. The Hall–Kier alpha value is -2.37. The fourth-order valence-electron chi connectivity index (χ4n) is 2.35. The number of ether oxygens (including phenoxy) is 1. The van der Waals surface area contributed by atoms with E-state index in [1.807, 2.05) is 67.2 Å². The van der Waals surface area contributed by atoms with E-state index in [4.69, 9.17) is 15.6 Å². The summed E-state index contributed by atoms with van der Waals surface area (Å²) in [6.07, 6.45) is 1.77. The molecule has 2 atom stereocenters. The van der Waals surface area contributed by atoms with Crippen LogP contribution in [0.5, 0.6) is 5.75 Å². The summed E-state index contributed by atoms with van der Waals surface area (Å²) in [6.45, 7) is 3.93. The summed E-state index contributed by atoms with van der Waals surface area (Å²) >= 11 is 0. The number of aromatic nitrogens is 2. The molecule has 120 valence electrons. The number of nitrogens with zero attached hydrogens (tertiary/aromatic N) is 2. The number of nitrogens with two attached hydrogens (primary N) is 1. The van der Waals surface area contributed by atoms with E-state index in [9.17, 15) is 0 Å². The van der Waals surface area contributed by atoms with Crippen LogP contribution < -0.4 is 10.5 Å². The molecular weight excluding hydrogens is 290 g/mol. The van der Waals surface area contributed by atoms with Crippen molar-refractivity contribution in [2.24, 2.45) is 5.73 Å². The third-order valence-corrected chi connectivity index (χ3v) is 3.97. The summed E-state index contributed by atoms with van der Waals surface area (Å²) in [4.78, 5) is 0. The number of aliphatic hydroxyl groups is 1. The van der Waals surface area contributed by atoms with Crippen LogP contribution >= 0.6 is 0 Å². The molecule has 5 nitrogen and oxygen atoms in total. The van der Waals surface area contributed by atoms with Crippen LogP contribution in [-0.4, -0.2) is 27.0 Å². The molecule has 0 amide bonds. The molecule has 0 radical (unpaired) electrons. The molecule has 0 bridgehead atoms. The third-order valence-electron chi connectivity index (χ3n) is 3.97. The summed E-state index contributed by atoms with van der Waals surface area (Å²) in [5.74, 6) is 0.789. The van der Waals surface area contributed by atoms with Crippen molar-refractivity contribution in [2.75, 3.05) is 0 Å². The minimum Gasteiger partial charge on any atom is -0.489 e. The average molecular weight is 311 g/mol. The second-order valence-corrected chi connectivity index (χ2v) is 5.78. The van der Waals surface area contributed by atoms with Gasteiger partial charge in [0, 0.05) is 11.4 Å². The van der Waals surface area contributed by atoms with E-state index in [0.29, 0.717) is 0 Å². The monoisotopic (exact) mass is 311 g/mol. The maximum Gasteiger partial charge on any atom is 0.120 e. The van der Waals surface area contributed by atoms with Gasteiger partial charge in [-0.05, 0) is 49.7 Å². The molecule has 0 unspecified atom stereocenters. The topological polar surface area (TPSA) is 73.3 Å². The molecule has 1 aromatic heterocycles. The van der Waals surface area contributed by atoms with Crippen molar-refractivity contribution < 1.29 is 9.84 Å². The van der Waals surface area contributed by atoms with Crippen molar-refractivity contribution >= 4 is 10.9 Å². The van der Waals surface area contributed by atoms with Gasteiger partial charge in [0.1, 0.15) is 11.9 Å². The van der Waals surface area contributed by atoms with E-state index in [2.05, 4.69) is 5.10 Å². The summed E-state index contributed by atoms with van der Waals surface area (Å²) in [5, 5.41) is 14.6. The lowest BCUT2D eigenvalue weighted by Gasteiger charge is -2.18. The van der Waals surface area contributed by atoms with Crippen LogP contribution in [0.1, 0.15) is 19.4 Å². The van der Waals surface area contributed by atoms with E-state index in [1.54, 1.807) is 0 Å². The molecule has 3 aromatic rings. The first-order valence-electron chi connectivity index (χ1n) is 7.68. The van der Waals surface area contributed by atoms with Crippen molar-refractivity contribution in [3.63, 3.8) is 0 Å². The number of hydrogen-bond donors (Lipinski definition) is 2. The van der Waals surface area contributed by atoms with Gasteiger partial charge in [-0.25, -0.2) is 4.68 Å². The first-order valence-corrected chi connectivity index (χ1v) is 7.68. The highest BCUT2D eigenvalue weighted by Gasteiger charge is 2.11. The van der Waals surface area contributed by atoms with E-state index in [0.717, 1.165) is 27.9 Å². The van der Waals surface area contributed by atoms with Gasteiger partial charge < -0.3 is 15.6 Å². The molecule has 1 heterocycles. The molecule has 0 aliphatic carbocycles. The molecule has 2 aromatic carbocycles. The Balaban J connectivity index is 1.91. The second kappa shape index (κ2) is 6.40.